The summed E-state index contributed by atoms with van der Waals surface area (Å²) in [6, 6.07) is 7.65. The summed E-state index contributed by atoms with van der Waals surface area (Å²) >= 11 is 0. The van der Waals surface area contributed by atoms with Crippen molar-refractivity contribution in [3.05, 3.63) is 48.0 Å². The minimum absolute atomic E-state index is 0.277. The number of imidazole rings is 1. The molecule has 0 spiro atoms. The van der Waals surface area contributed by atoms with Gasteiger partial charge in [-0.05, 0) is 17.7 Å². The Balaban J connectivity index is 1.94. The zero-order valence-electron chi connectivity index (χ0n) is 10.3. The molecule has 0 fully saturated rings. The average molecular weight is 244 g/mol. The number of aryl methyl sites for hydroxylation is 1. The second-order valence-electron chi connectivity index (χ2n) is 4.15. The van der Waals surface area contributed by atoms with Gasteiger partial charge in [0.15, 0.2) is 0 Å². The standard InChI is InChI=1S/C13H16N4O/c1-17-7-6-15-13(17)9-16-11-4-2-10(3-5-11)8-12(14)18/h2-7,16H,8-9H2,1H3,(H2,14,18). The van der Waals surface area contributed by atoms with E-state index in [0.29, 0.717) is 6.54 Å². The summed E-state index contributed by atoms with van der Waals surface area (Å²) in [5, 5.41) is 3.27. The fourth-order valence-corrected chi connectivity index (χ4v) is 1.69. The van der Waals surface area contributed by atoms with Gasteiger partial charge in [-0.15, -0.1) is 0 Å². The van der Waals surface area contributed by atoms with Crippen molar-refractivity contribution < 1.29 is 4.79 Å². The lowest BCUT2D eigenvalue weighted by molar-refractivity contribution is -0.117. The summed E-state index contributed by atoms with van der Waals surface area (Å²) in [7, 11) is 1.96. The first-order chi connectivity index (χ1) is 8.65. The van der Waals surface area contributed by atoms with Crippen LogP contribution in [0.3, 0.4) is 0 Å². The molecule has 0 saturated carbocycles. The van der Waals surface area contributed by atoms with E-state index in [1.165, 1.54) is 0 Å². The summed E-state index contributed by atoms with van der Waals surface area (Å²) in [6.07, 6.45) is 3.96. The molecule has 0 aliphatic heterocycles. The van der Waals surface area contributed by atoms with Crippen molar-refractivity contribution in [2.24, 2.45) is 12.8 Å². The van der Waals surface area contributed by atoms with Crippen molar-refractivity contribution in [2.45, 2.75) is 13.0 Å². The first-order valence-electron chi connectivity index (χ1n) is 5.72. The number of carbonyl (C=O) groups excluding carboxylic acids is 1. The van der Waals surface area contributed by atoms with Gasteiger partial charge in [0.2, 0.25) is 5.91 Å². The molecule has 2 rings (SSSR count). The van der Waals surface area contributed by atoms with Crippen LogP contribution in [0.5, 0.6) is 0 Å². The van der Waals surface area contributed by atoms with Crippen LogP contribution in [-0.4, -0.2) is 15.5 Å². The highest BCUT2D eigenvalue weighted by atomic mass is 16.1. The molecule has 1 aromatic carbocycles. The van der Waals surface area contributed by atoms with Gasteiger partial charge in [-0.2, -0.15) is 0 Å². The van der Waals surface area contributed by atoms with Crippen LogP contribution in [0.4, 0.5) is 5.69 Å². The molecule has 0 aliphatic rings. The Morgan fingerprint density at radius 1 is 1.39 bits per heavy atom. The SMILES string of the molecule is Cn1ccnc1CNc1ccc(CC(N)=O)cc1. The molecule has 5 heteroatoms. The van der Waals surface area contributed by atoms with Crippen LogP contribution in [0.25, 0.3) is 0 Å². The number of carbonyl (C=O) groups is 1. The van der Waals surface area contributed by atoms with Gasteiger partial charge < -0.3 is 15.6 Å². The second kappa shape index (κ2) is 5.35. The molecule has 3 N–H and O–H groups in total. The van der Waals surface area contributed by atoms with Gasteiger partial charge >= 0.3 is 0 Å². The number of rotatable bonds is 5. The van der Waals surface area contributed by atoms with Gasteiger partial charge in [0.25, 0.3) is 0 Å². The van der Waals surface area contributed by atoms with Crippen LogP contribution in [0, 0.1) is 0 Å². The van der Waals surface area contributed by atoms with E-state index in [4.69, 9.17) is 5.73 Å². The highest BCUT2D eigenvalue weighted by Crippen LogP contribution is 2.11. The molecule has 94 valence electrons. The van der Waals surface area contributed by atoms with E-state index < -0.39 is 0 Å². The van der Waals surface area contributed by atoms with Crippen LogP contribution in [0.15, 0.2) is 36.7 Å². The Kier molecular flexibility index (Phi) is 3.62. The maximum Gasteiger partial charge on any atom is 0.221 e. The van der Waals surface area contributed by atoms with Crippen LogP contribution in [0.1, 0.15) is 11.4 Å². The molecule has 0 radical (unpaired) electrons. The Hall–Kier alpha value is -2.30. The molecule has 1 amide bonds. The smallest absolute Gasteiger partial charge is 0.221 e. The lowest BCUT2D eigenvalue weighted by Gasteiger charge is -2.07. The first-order valence-corrected chi connectivity index (χ1v) is 5.72. The van der Waals surface area contributed by atoms with Gasteiger partial charge in [-0.3, -0.25) is 4.79 Å². The number of benzene rings is 1. The quantitative estimate of drug-likeness (QED) is 0.826. The molecule has 0 atom stereocenters. The number of amides is 1. The van der Waals surface area contributed by atoms with E-state index in [1.54, 1.807) is 6.20 Å². The molecule has 0 bridgehead atoms. The zero-order chi connectivity index (χ0) is 13.0. The number of nitrogens with two attached hydrogens (primary N) is 1. The van der Waals surface area contributed by atoms with Crippen molar-refractivity contribution >= 4 is 11.6 Å². The van der Waals surface area contributed by atoms with Gasteiger partial charge in [0.05, 0.1) is 13.0 Å². The third-order valence-electron chi connectivity index (χ3n) is 2.70. The summed E-state index contributed by atoms with van der Waals surface area (Å²) in [5.74, 6) is 0.653. The molecular weight excluding hydrogens is 228 g/mol. The Labute approximate surface area is 106 Å². The predicted octanol–water partition coefficient (Wildman–Crippen LogP) is 1.06. The minimum atomic E-state index is -0.316. The third kappa shape index (κ3) is 3.10. The summed E-state index contributed by atoms with van der Waals surface area (Å²) in [5.41, 5.74) is 7.05. The molecular formula is C13H16N4O. The lowest BCUT2D eigenvalue weighted by Crippen LogP contribution is -2.13. The largest absolute Gasteiger partial charge is 0.378 e. The van der Waals surface area contributed by atoms with Crippen molar-refractivity contribution in [1.82, 2.24) is 9.55 Å². The molecule has 1 aromatic heterocycles. The monoisotopic (exact) mass is 244 g/mol. The van der Waals surface area contributed by atoms with Crippen molar-refractivity contribution in [3.8, 4) is 0 Å². The van der Waals surface area contributed by atoms with Crippen LogP contribution in [0.2, 0.25) is 0 Å². The minimum Gasteiger partial charge on any atom is -0.378 e. The van der Waals surface area contributed by atoms with Gasteiger partial charge in [0.1, 0.15) is 5.82 Å². The third-order valence-corrected chi connectivity index (χ3v) is 2.70. The highest BCUT2D eigenvalue weighted by molar-refractivity contribution is 5.76. The van der Waals surface area contributed by atoms with E-state index in [9.17, 15) is 4.79 Å². The van der Waals surface area contributed by atoms with E-state index in [1.807, 2.05) is 42.1 Å². The number of aromatic nitrogens is 2. The van der Waals surface area contributed by atoms with Gasteiger partial charge in [-0.1, -0.05) is 12.1 Å². The van der Waals surface area contributed by atoms with Crippen LogP contribution < -0.4 is 11.1 Å². The number of hydrogen-bond donors (Lipinski definition) is 2. The Morgan fingerprint density at radius 2 is 2.11 bits per heavy atom. The molecule has 5 nitrogen and oxygen atoms in total. The predicted molar refractivity (Wildman–Crippen MR) is 69.9 cm³/mol. The fraction of sp³-hybridized carbons (Fsp3) is 0.231. The number of hydrogen-bond acceptors (Lipinski definition) is 3. The number of nitrogens with one attached hydrogen (secondary N) is 1. The second-order valence-corrected chi connectivity index (χ2v) is 4.15. The lowest BCUT2D eigenvalue weighted by atomic mass is 10.1. The summed E-state index contributed by atoms with van der Waals surface area (Å²) in [6.45, 7) is 0.665. The van der Waals surface area contributed by atoms with Gasteiger partial charge in [0, 0.05) is 25.1 Å². The highest BCUT2D eigenvalue weighted by Gasteiger charge is 2.00. The van der Waals surface area contributed by atoms with E-state index in [2.05, 4.69) is 10.3 Å². The molecule has 1 heterocycles. The maximum atomic E-state index is 10.8. The molecule has 18 heavy (non-hydrogen) atoms. The fourth-order valence-electron chi connectivity index (χ4n) is 1.69. The number of primary amides is 1. The average Bonchev–Trinajstić information content (AvgIpc) is 2.73. The van der Waals surface area contributed by atoms with Crippen LogP contribution in [-0.2, 0) is 24.8 Å². The molecule has 2 aromatic rings. The Morgan fingerprint density at radius 3 is 2.67 bits per heavy atom. The van der Waals surface area contributed by atoms with Gasteiger partial charge in [-0.25, -0.2) is 4.98 Å². The van der Waals surface area contributed by atoms with Crippen molar-refractivity contribution in [2.75, 3.05) is 5.32 Å². The summed E-state index contributed by atoms with van der Waals surface area (Å²) in [4.78, 5) is 15.0. The van der Waals surface area contributed by atoms with Crippen LogP contribution >= 0.6 is 0 Å². The number of nitrogens with zero attached hydrogens (tertiary/aromatic N) is 2. The summed E-state index contributed by atoms with van der Waals surface area (Å²) < 4.78 is 1.97. The van der Waals surface area contributed by atoms with Crippen molar-refractivity contribution in [3.63, 3.8) is 0 Å². The maximum absolute atomic E-state index is 10.8. The Bertz CT molecular complexity index is 530. The normalized spacial score (nSPS) is 10.3. The van der Waals surface area contributed by atoms with E-state index in [0.717, 1.165) is 17.1 Å². The van der Waals surface area contributed by atoms with E-state index >= 15 is 0 Å². The molecule has 0 unspecified atom stereocenters. The van der Waals surface area contributed by atoms with E-state index in [-0.39, 0.29) is 12.3 Å². The number of anilines is 1. The van der Waals surface area contributed by atoms with Crippen molar-refractivity contribution in [1.29, 1.82) is 0 Å². The topological polar surface area (TPSA) is 72.9 Å². The molecule has 0 aliphatic carbocycles. The zero-order valence-corrected chi connectivity index (χ0v) is 10.3. The first kappa shape index (κ1) is 12.2. The molecule has 0 saturated heterocycles.